The van der Waals surface area contributed by atoms with Crippen LogP contribution in [0.25, 0.3) is 5.69 Å². The van der Waals surface area contributed by atoms with Gasteiger partial charge in [-0.05, 0) is 25.1 Å². The Balaban J connectivity index is 1.93. The minimum Gasteiger partial charge on any atom is -0.328 e. The molecule has 0 unspecified atom stereocenters. The predicted octanol–water partition coefficient (Wildman–Crippen LogP) is 2.32. The van der Waals surface area contributed by atoms with Crippen molar-refractivity contribution >= 4 is 5.78 Å². The quantitative estimate of drug-likeness (QED) is 0.681. The largest absolute Gasteiger partial charge is 0.328 e. The Hall–Kier alpha value is -2.69. The second kappa shape index (κ2) is 5.13. The van der Waals surface area contributed by atoms with Crippen LogP contribution in [0.1, 0.15) is 23.2 Å². The fourth-order valence-electron chi connectivity index (χ4n) is 2.06. The van der Waals surface area contributed by atoms with Gasteiger partial charge < -0.3 is 4.57 Å². The first-order valence-corrected chi connectivity index (χ1v) is 6.46. The molecule has 2 aromatic heterocycles. The summed E-state index contributed by atoms with van der Waals surface area (Å²) in [6.07, 6.45) is 5.20. The Morgan fingerprint density at radius 2 is 1.95 bits per heavy atom. The molecule has 0 radical (unpaired) electrons. The van der Waals surface area contributed by atoms with E-state index in [9.17, 15) is 4.79 Å². The highest BCUT2D eigenvalue weighted by molar-refractivity contribution is 6.05. The molecule has 5 heteroatoms. The van der Waals surface area contributed by atoms with Gasteiger partial charge in [-0.2, -0.15) is 5.10 Å². The summed E-state index contributed by atoms with van der Waals surface area (Å²) < 4.78 is 3.50. The van der Waals surface area contributed by atoms with Crippen molar-refractivity contribution in [3.05, 3.63) is 66.5 Å². The van der Waals surface area contributed by atoms with Crippen LogP contribution in [0.4, 0.5) is 0 Å². The van der Waals surface area contributed by atoms with E-state index in [2.05, 4.69) is 10.1 Å². The van der Waals surface area contributed by atoms with Crippen molar-refractivity contribution in [3.8, 4) is 5.69 Å². The van der Waals surface area contributed by atoms with Gasteiger partial charge in [0.15, 0.2) is 5.82 Å². The van der Waals surface area contributed by atoms with E-state index in [0.29, 0.717) is 18.1 Å². The minimum atomic E-state index is -0.161. The molecule has 20 heavy (non-hydrogen) atoms. The number of hydrogen-bond donors (Lipinski definition) is 0. The average molecular weight is 266 g/mol. The van der Waals surface area contributed by atoms with Crippen molar-refractivity contribution in [2.24, 2.45) is 0 Å². The Kier molecular flexibility index (Phi) is 3.16. The molecule has 0 atom stereocenters. The number of carbonyl (C=O) groups excluding carboxylic acids is 1. The molecule has 0 fully saturated rings. The van der Waals surface area contributed by atoms with Gasteiger partial charge in [-0.25, -0.2) is 9.67 Å². The minimum absolute atomic E-state index is 0.161. The molecule has 5 nitrogen and oxygen atoms in total. The Morgan fingerprint density at radius 1 is 1.15 bits per heavy atom. The van der Waals surface area contributed by atoms with E-state index in [-0.39, 0.29) is 5.78 Å². The number of rotatable bonds is 4. The number of aryl methyl sites for hydroxylation is 1. The van der Waals surface area contributed by atoms with Crippen molar-refractivity contribution < 1.29 is 4.79 Å². The molecule has 0 bridgehead atoms. The fourth-order valence-corrected chi connectivity index (χ4v) is 2.06. The van der Waals surface area contributed by atoms with E-state index in [4.69, 9.17) is 0 Å². The number of para-hydroxylation sites is 1. The van der Waals surface area contributed by atoms with E-state index >= 15 is 0 Å². The van der Waals surface area contributed by atoms with Gasteiger partial charge in [-0.1, -0.05) is 18.2 Å². The zero-order valence-corrected chi connectivity index (χ0v) is 11.1. The molecule has 0 N–H and O–H groups in total. The number of imidazole rings is 1. The first-order chi connectivity index (χ1) is 9.79. The van der Waals surface area contributed by atoms with Crippen LogP contribution in [0.2, 0.25) is 0 Å². The van der Waals surface area contributed by atoms with Crippen LogP contribution in [0.3, 0.4) is 0 Å². The van der Waals surface area contributed by atoms with Gasteiger partial charge in [0.05, 0.1) is 5.69 Å². The zero-order valence-electron chi connectivity index (χ0n) is 11.1. The van der Waals surface area contributed by atoms with Crippen LogP contribution in [-0.2, 0) is 6.54 Å². The highest BCUT2D eigenvalue weighted by Crippen LogP contribution is 2.10. The van der Waals surface area contributed by atoms with Crippen LogP contribution in [0, 0.1) is 0 Å². The summed E-state index contributed by atoms with van der Waals surface area (Å²) in [5, 5.41) is 4.33. The van der Waals surface area contributed by atoms with Gasteiger partial charge in [-0.3, -0.25) is 4.79 Å². The maximum absolute atomic E-state index is 12.4. The van der Waals surface area contributed by atoms with Gasteiger partial charge >= 0.3 is 0 Å². The first kappa shape index (κ1) is 12.3. The molecule has 0 spiro atoms. The van der Waals surface area contributed by atoms with E-state index in [1.165, 1.54) is 0 Å². The van der Waals surface area contributed by atoms with Crippen molar-refractivity contribution in [1.82, 2.24) is 19.3 Å². The normalized spacial score (nSPS) is 10.7. The van der Waals surface area contributed by atoms with Gasteiger partial charge in [0.25, 0.3) is 0 Å². The summed E-state index contributed by atoms with van der Waals surface area (Å²) in [5.74, 6) is 0.261. The lowest BCUT2D eigenvalue weighted by molar-refractivity contribution is 0.102. The fraction of sp³-hybridized carbons (Fsp3) is 0.133. The molecule has 0 saturated heterocycles. The zero-order chi connectivity index (χ0) is 13.9. The summed E-state index contributed by atoms with van der Waals surface area (Å²) in [7, 11) is 0. The standard InChI is InChI=1S/C15H14N4O/c1-2-18-11-9-16-15(18)14(20)13-8-10-19(17-13)12-6-4-3-5-7-12/h3-11H,2H2,1H3. The Bertz CT molecular complexity index is 727. The summed E-state index contributed by atoms with van der Waals surface area (Å²) in [6, 6.07) is 11.4. The molecular weight excluding hydrogens is 252 g/mol. The maximum Gasteiger partial charge on any atom is 0.248 e. The number of aromatic nitrogens is 4. The molecule has 100 valence electrons. The number of benzene rings is 1. The van der Waals surface area contributed by atoms with E-state index < -0.39 is 0 Å². The lowest BCUT2D eigenvalue weighted by Crippen LogP contribution is -2.11. The summed E-state index contributed by atoms with van der Waals surface area (Å²) in [6.45, 7) is 2.68. The van der Waals surface area contributed by atoms with Crippen LogP contribution in [0.5, 0.6) is 0 Å². The van der Waals surface area contributed by atoms with Crippen molar-refractivity contribution in [1.29, 1.82) is 0 Å². The molecule has 0 saturated carbocycles. The first-order valence-electron chi connectivity index (χ1n) is 6.46. The third-order valence-electron chi connectivity index (χ3n) is 3.10. The summed E-state index contributed by atoms with van der Waals surface area (Å²) in [5.41, 5.74) is 1.32. The smallest absolute Gasteiger partial charge is 0.248 e. The van der Waals surface area contributed by atoms with Crippen molar-refractivity contribution in [3.63, 3.8) is 0 Å². The molecule has 0 amide bonds. The van der Waals surface area contributed by atoms with Crippen LogP contribution in [0.15, 0.2) is 55.0 Å². The highest BCUT2D eigenvalue weighted by atomic mass is 16.1. The molecule has 3 rings (SSSR count). The number of nitrogens with zero attached hydrogens (tertiary/aromatic N) is 4. The van der Waals surface area contributed by atoms with Gasteiger partial charge in [0.2, 0.25) is 5.78 Å². The lowest BCUT2D eigenvalue weighted by Gasteiger charge is -2.02. The molecular formula is C15H14N4O. The molecule has 0 aliphatic carbocycles. The van der Waals surface area contributed by atoms with E-state index in [1.54, 1.807) is 29.3 Å². The van der Waals surface area contributed by atoms with Crippen molar-refractivity contribution in [2.45, 2.75) is 13.5 Å². The lowest BCUT2D eigenvalue weighted by atomic mass is 10.3. The van der Waals surface area contributed by atoms with E-state index in [1.807, 2.05) is 41.8 Å². The highest BCUT2D eigenvalue weighted by Gasteiger charge is 2.17. The summed E-state index contributed by atoms with van der Waals surface area (Å²) >= 11 is 0. The van der Waals surface area contributed by atoms with Crippen LogP contribution >= 0.6 is 0 Å². The number of hydrogen-bond acceptors (Lipinski definition) is 3. The SMILES string of the molecule is CCn1ccnc1C(=O)c1ccn(-c2ccccc2)n1. The average Bonchev–Trinajstić information content (AvgIpc) is 3.16. The van der Waals surface area contributed by atoms with Crippen LogP contribution in [-0.4, -0.2) is 25.1 Å². The maximum atomic E-state index is 12.4. The predicted molar refractivity (Wildman–Crippen MR) is 74.9 cm³/mol. The Morgan fingerprint density at radius 3 is 2.70 bits per heavy atom. The summed E-state index contributed by atoms with van der Waals surface area (Å²) in [4.78, 5) is 16.5. The number of carbonyl (C=O) groups is 1. The van der Waals surface area contributed by atoms with Gasteiger partial charge in [0.1, 0.15) is 5.69 Å². The topological polar surface area (TPSA) is 52.7 Å². The third-order valence-corrected chi connectivity index (χ3v) is 3.10. The monoisotopic (exact) mass is 266 g/mol. The van der Waals surface area contributed by atoms with Crippen LogP contribution < -0.4 is 0 Å². The Labute approximate surface area is 116 Å². The van der Waals surface area contributed by atoms with Gasteiger partial charge in [-0.15, -0.1) is 0 Å². The number of ketones is 1. The second-order valence-corrected chi connectivity index (χ2v) is 4.35. The molecule has 0 aliphatic heterocycles. The van der Waals surface area contributed by atoms with Gasteiger partial charge in [0, 0.05) is 25.1 Å². The molecule has 1 aromatic carbocycles. The third kappa shape index (κ3) is 2.14. The van der Waals surface area contributed by atoms with Crippen molar-refractivity contribution in [2.75, 3.05) is 0 Å². The van der Waals surface area contributed by atoms with E-state index in [0.717, 1.165) is 5.69 Å². The molecule has 2 heterocycles. The molecule has 3 aromatic rings. The molecule has 0 aliphatic rings. The second-order valence-electron chi connectivity index (χ2n) is 4.35.